The minimum Gasteiger partial charge on any atom is -0.387 e. The number of imidazole rings is 1. The molecule has 0 aliphatic carbocycles. The molecule has 31 heavy (non-hydrogen) atoms. The van der Waals surface area contributed by atoms with Gasteiger partial charge in [0.25, 0.3) is 0 Å². The molecule has 0 spiro atoms. The van der Waals surface area contributed by atoms with Gasteiger partial charge in [0, 0.05) is 0 Å². The van der Waals surface area contributed by atoms with Crippen LogP contribution in [0.25, 0.3) is 11.2 Å². The number of nitrogen functional groups attached to an aromatic ring is 1. The summed E-state index contributed by atoms with van der Waals surface area (Å²) in [4.78, 5) is 47.2. The molecule has 1 aliphatic heterocycles. The normalized spacial score (nSPS) is 28.5. The van der Waals surface area contributed by atoms with Crippen LogP contribution in [-0.2, 0) is 31.6 Å². The molecule has 1 saturated heterocycles. The Labute approximate surface area is 171 Å². The summed E-state index contributed by atoms with van der Waals surface area (Å²) in [5.74, 6) is 0.0426. The van der Waals surface area contributed by atoms with E-state index in [1.165, 1.54) is 10.9 Å². The Hall–Kier alpha value is -1.36. The first-order valence-electron chi connectivity index (χ1n) is 7.92. The number of aliphatic hydroxyl groups is 2. The van der Waals surface area contributed by atoms with Crippen molar-refractivity contribution in [1.29, 1.82) is 0 Å². The third-order valence-electron chi connectivity index (χ3n) is 3.82. The SMILES string of the molecule is Nc1ncnc2c1ncn2[C@@H]1O[C@@H](COP(=O)(O)OP(=O)(O)OP(=O)(O)O)[C@H](O)[C@H]1O. The minimum atomic E-state index is -5.70. The van der Waals surface area contributed by atoms with Crippen molar-refractivity contribution >= 4 is 40.4 Å². The summed E-state index contributed by atoms with van der Waals surface area (Å²) in [7, 11) is -16.7. The van der Waals surface area contributed by atoms with E-state index in [0.717, 1.165) is 6.33 Å². The number of phosphoric acid groups is 3. The largest absolute Gasteiger partial charge is 0.490 e. The molecule has 0 amide bonds. The van der Waals surface area contributed by atoms with Gasteiger partial charge in [-0.3, -0.25) is 9.09 Å². The molecule has 1 aliphatic rings. The van der Waals surface area contributed by atoms with Crippen LogP contribution in [0, 0.1) is 0 Å². The molecule has 0 aromatic carbocycles. The molecule has 8 N–H and O–H groups in total. The maximum absolute atomic E-state index is 11.8. The number of phosphoric ester groups is 1. The predicted octanol–water partition coefficient (Wildman–Crippen LogP) is -1.63. The number of aliphatic hydroxyl groups excluding tert-OH is 2. The third kappa shape index (κ3) is 5.71. The number of nitrogens with zero attached hydrogens (tertiary/aromatic N) is 4. The van der Waals surface area contributed by atoms with Crippen molar-refractivity contribution in [2.45, 2.75) is 24.5 Å². The van der Waals surface area contributed by atoms with Crippen molar-refractivity contribution in [1.82, 2.24) is 19.5 Å². The van der Waals surface area contributed by atoms with Gasteiger partial charge in [-0.05, 0) is 0 Å². The van der Waals surface area contributed by atoms with Crippen LogP contribution in [0.2, 0.25) is 0 Å². The second-order valence-electron chi connectivity index (χ2n) is 6.02. The molecule has 6 atom stereocenters. The number of hydrogen-bond acceptors (Lipinski definition) is 13. The van der Waals surface area contributed by atoms with Crippen LogP contribution in [0.4, 0.5) is 5.82 Å². The molecule has 2 aromatic rings. The van der Waals surface area contributed by atoms with Gasteiger partial charge in [0.2, 0.25) is 0 Å². The van der Waals surface area contributed by atoms with Crippen LogP contribution < -0.4 is 5.73 Å². The van der Waals surface area contributed by atoms with Crippen LogP contribution in [0.15, 0.2) is 12.7 Å². The van der Waals surface area contributed by atoms with Crippen molar-refractivity contribution in [2.24, 2.45) is 0 Å². The third-order valence-corrected chi connectivity index (χ3v) is 7.62. The number of aromatic nitrogens is 4. The maximum Gasteiger partial charge on any atom is 0.490 e. The zero-order valence-corrected chi connectivity index (χ0v) is 17.6. The maximum atomic E-state index is 11.8. The van der Waals surface area contributed by atoms with Crippen molar-refractivity contribution in [3.05, 3.63) is 12.7 Å². The fourth-order valence-corrected chi connectivity index (χ4v) is 5.65. The van der Waals surface area contributed by atoms with Crippen LogP contribution in [0.3, 0.4) is 0 Å². The van der Waals surface area contributed by atoms with Gasteiger partial charge in [0.15, 0.2) is 17.7 Å². The van der Waals surface area contributed by atoms with Gasteiger partial charge >= 0.3 is 23.5 Å². The highest BCUT2D eigenvalue weighted by Gasteiger charge is 2.47. The number of anilines is 1. The first kappa shape index (κ1) is 24.3. The average molecular weight is 507 g/mol. The van der Waals surface area contributed by atoms with Gasteiger partial charge in [-0.1, -0.05) is 0 Å². The van der Waals surface area contributed by atoms with Gasteiger partial charge < -0.3 is 40.3 Å². The second-order valence-corrected chi connectivity index (χ2v) is 10.4. The topological polar surface area (TPSA) is 279 Å². The Morgan fingerprint density at radius 1 is 1.03 bits per heavy atom. The quantitative estimate of drug-likeness (QED) is 0.197. The standard InChI is InChI=1S/C10H16N5O13P3/c11-8-5-9(13-2-12-8)15(3-14-5)10-7(17)6(16)4(26-10)1-25-30(21,22)28-31(23,24)27-29(18,19)20/h2-4,6-7,10,16-17H,1H2,(H,21,22)(H,23,24)(H2,11,12,13)(H2,18,19,20)/t4-,6-,7+,10+/m0/s1. The molecular formula is C10H16N5O13P3. The number of ether oxygens (including phenoxy) is 1. The molecule has 0 saturated carbocycles. The van der Waals surface area contributed by atoms with E-state index in [1.54, 1.807) is 0 Å². The Kier molecular flexibility index (Phi) is 6.68. The Bertz CT molecular complexity index is 1100. The summed E-state index contributed by atoms with van der Waals surface area (Å²) in [6, 6.07) is 0. The lowest BCUT2D eigenvalue weighted by atomic mass is 10.1. The number of hydrogen-bond donors (Lipinski definition) is 7. The second kappa shape index (κ2) is 8.53. The van der Waals surface area contributed by atoms with Crippen LogP contribution in [-0.4, -0.2) is 74.2 Å². The van der Waals surface area contributed by atoms with E-state index in [9.17, 15) is 28.8 Å². The van der Waals surface area contributed by atoms with E-state index < -0.39 is 54.6 Å². The van der Waals surface area contributed by atoms with E-state index in [-0.39, 0.29) is 17.0 Å². The smallest absolute Gasteiger partial charge is 0.387 e. The van der Waals surface area contributed by atoms with E-state index in [2.05, 4.69) is 28.1 Å². The van der Waals surface area contributed by atoms with Crippen LogP contribution >= 0.6 is 23.5 Å². The summed E-state index contributed by atoms with van der Waals surface area (Å²) in [5.41, 5.74) is 6.00. The number of rotatable bonds is 8. The monoisotopic (exact) mass is 507 g/mol. The molecule has 21 heteroatoms. The fraction of sp³-hybridized carbons (Fsp3) is 0.500. The molecule has 0 radical (unpaired) electrons. The van der Waals surface area contributed by atoms with Gasteiger partial charge in [-0.2, -0.15) is 8.62 Å². The molecule has 3 rings (SSSR count). The first-order chi connectivity index (χ1) is 14.2. The van der Waals surface area contributed by atoms with Crippen LogP contribution in [0.1, 0.15) is 6.23 Å². The summed E-state index contributed by atoms with van der Waals surface area (Å²) >= 11 is 0. The number of fused-ring (bicyclic) bond motifs is 1. The fourth-order valence-electron chi connectivity index (χ4n) is 2.62. The highest BCUT2D eigenvalue weighted by molar-refractivity contribution is 7.66. The highest BCUT2D eigenvalue weighted by atomic mass is 31.3. The molecule has 0 bridgehead atoms. The highest BCUT2D eigenvalue weighted by Crippen LogP contribution is 2.66. The lowest BCUT2D eigenvalue weighted by molar-refractivity contribution is -0.0503. The van der Waals surface area contributed by atoms with Gasteiger partial charge in [-0.25, -0.2) is 28.6 Å². The Balaban J connectivity index is 1.69. The predicted molar refractivity (Wildman–Crippen MR) is 95.5 cm³/mol. The van der Waals surface area contributed by atoms with Crippen molar-refractivity contribution in [2.75, 3.05) is 12.3 Å². The van der Waals surface area contributed by atoms with E-state index in [0.29, 0.717) is 0 Å². The molecule has 2 unspecified atom stereocenters. The lowest BCUT2D eigenvalue weighted by Gasteiger charge is -2.19. The molecule has 18 nitrogen and oxygen atoms in total. The van der Waals surface area contributed by atoms with Crippen molar-refractivity contribution in [3.8, 4) is 0 Å². The van der Waals surface area contributed by atoms with E-state index in [1.807, 2.05) is 0 Å². The van der Waals surface area contributed by atoms with Gasteiger partial charge in [0.1, 0.15) is 30.2 Å². The lowest BCUT2D eigenvalue weighted by Crippen LogP contribution is -2.33. The molecule has 3 heterocycles. The summed E-state index contributed by atoms with van der Waals surface area (Å²) in [6.07, 6.45) is -3.69. The molecular weight excluding hydrogens is 491 g/mol. The average Bonchev–Trinajstić information content (AvgIpc) is 3.13. The molecule has 2 aromatic heterocycles. The zero-order chi connectivity index (χ0) is 23.2. The van der Waals surface area contributed by atoms with E-state index >= 15 is 0 Å². The summed E-state index contributed by atoms with van der Waals surface area (Å²) < 4.78 is 51.9. The Morgan fingerprint density at radius 3 is 2.35 bits per heavy atom. The number of nitrogens with two attached hydrogens (primary N) is 1. The van der Waals surface area contributed by atoms with Crippen LogP contribution in [0.5, 0.6) is 0 Å². The summed E-state index contributed by atoms with van der Waals surface area (Å²) in [6.45, 7) is -0.956. The summed E-state index contributed by atoms with van der Waals surface area (Å²) in [5, 5.41) is 20.4. The van der Waals surface area contributed by atoms with Gasteiger partial charge in [-0.15, -0.1) is 0 Å². The van der Waals surface area contributed by atoms with E-state index in [4.69, 9.17) is 25.2 Å². The molecule has 1 fully saturated rings. The minimum absolute atomic E-state index is 0.0426. The first-order valence-corrected chi connectivity index (χ1v) is 12.4. The van der Waals surface area contributed by atoms with Crippen molar-refractivity contribution in [3.63, 3.8) is 0 Å². The molecule has 174 valence electrons. The Morgan fingerprint density at radius 2 is 1.71 bits per heavy atom. The zero-order valence-electron chi connectivity index (χ0n) is 14.9. The van der Waals surface area contributed by atoms with Gasteiger partial charge in [0.05, 0.1) is 12.9 Å². The van der Waals surface area contributed by atoms with Crippen molar-refractivity contribution < 1.29 is 61.4 Å².